The van der Waals surface area contributed by atoms with Gasteiger partial charge >= 0.3 is 0 Å². The highest BCUT2D eigenvalue weighted by Crippen LogP contribution is 2.23. The second-order valence-corrected chi connectivity index (χ2v) is 4.05. The Hall–Kier alpha value is -1.60. The fourth-order valence-corrected chi connectivity index (χ4v) is 1.99. The van der Waals surface area contributed by atoms with E-state index in [2.05, 4.69) is 49.4 Å². The summed E-state index contributed by atoms with van der Waals surface area (Å²) in [4.78, 5) is 0. The summed E-state index contributed by atoms with van der Waals surface area (Å²) in [6, 6.07) is 17.1. The van der Waals surface area contributed by atoms with E-state index in [0.29, 0.717) is 6.54 Å². The van der Waals surface area contributed by atoms with Crippen molar-refractivity contribution in [3.05, 3.63) is 59.7 Å². The van der Waals surface area contributed by atoms with E-state index >= 15 is 0 Å². The van der Waals surface area contributed by atoms with Crippen LogP contribution in [0.4, 0.5) is 0 Å². The van der Waals surface area contributed by atoms with E-state index in [0.717, 1.165) is 6.42 Å². The molecule has 2 N–H and O–H groups in total. The van der Waals surface area contributed by atoms with Gasteiger partial charge in [0.1, 0.15) is 0 Å². The summed E-state index contributed by atoms with van der Waals surface area (Å²) >= 11 is 0. The predicted octanol–water partition coefficient (Wildman–Crippen LogP) is 3.16. The highest BCUT2D eigenvalue weighted by atomic mass is 14.5. The summed E-state index contributed by atoms with van der Waals surface area (Å²) in [6.07, 6.45) is 0.954. The van der Waals surface area contributed by atoms with Gasteiger partial charge in [-0.2, -0.15) is 0 Å². The molecule has 0 fully saturated rings. The molecule has 0 atom stereocenters. The number of benzene rings is 2. The van der Waals surface area contributed by atoms with E-state index in [-0.39, 0.29) is 0 Å². The quantitative estimate of drug-likeness (QED) is 0.829. The SMILES string of the molecule is Cc1cc(CCN)ccc1-c1ccccc1. The number of aryl methyl sites for hydroxylation is 1. The predicted molar refractivity (Wildman–Crippen MR) is 69.4 cm³/mol. The van der Waals surface area contributed by atoms with E-state index in [9.17, 15) is 0 Å². The molecule has 0 saturated carbocycles. The van der Waals surface area contributed by atoms with Crippen LogP contribution in [-0.4, -0.2) is 6.54 Å². The average Bonchev–Trinajstić information content (AvgIpc) is 2.31. The van der Waals surface area contributed by atoms with Crippen LogP contribution >= 0.6 is 0 Å². The lowest BCUT2D eigenvalue weighted by atomic mass is 9.98. The third kappa shape index (κ3) is 2.31. The lowest BCUT2D eigenvalue weighted by molar-refractivity contribution is 0.967. The minimum atomic E-state index is 0.712. The maximum absolute atomic E-state index is 5.56. The Morgan fingerprint density at radius 3 is 2.38 bits per heavy atom. The van der Waals surface area contributed by atoms with Gasteiger partial charge < -0.3 is 5.73 Å². The number of hydrogen-bond acceptors (Lipinski definition) is 1. The van der Waals surface area contributed by atoms with Crippen LogP contribution < -0.4 is 5.73 Å². The van der Waals surface area contributed by atoms with Gasteiger partial charge in [0, 0.05) is 0 Å². The number of nitrogens with two attached hydrogens (primary N) is 1. The molecule has 82 valence electrons. The molecule has 0 aliphatic rings. The fraction of sp³-hybridized carbons (Fsp3) is 0.200. The van der Waals surface area contributed by atoms with E-state index in [4.69, 9.17) is 5.73 Å². The Morgan fingerprint density at radius 1 is 1.00 bits per heavy atom. The Kier molecular flexibility index (Phi) is 3.37. The highest BCUT2D eigenvalue weighted by Gasteiger charge is 2.01. The van der Waals surface area contributed by atoms with Crippen molar-refractivity contribution in [2.45, 2.75) is 13.3 Å². The van der Waals surface area contributed by atoms with Gasteiger partial charge in [-0.1, -0.05) is 48.5 Å². The summed E-state index contributed by atoms with van der Waals surface area (Å²) < 4.78 is 0. The van der Waals surface area contributed by atoms with E-state index in [1.807, 2.05) is 6.07 Å². The summed E-state index contributed by atoms with van der Waals surface area (Å²) in [6.45, 7) is 2.87. The monoisotopic (exact) mass is 211 g/mol. The maximum atomic E-state index is 5.56. The fourth-order valence-electron chi connectivity index (χ4n) is 1.99. The average molecular weight is 211 g/mol. The molecule has 0 bridgehead atoms. The van der Waals surface area contributed by atoms with E-state index in [1.54, 1.807) is 0 Å². The van der Waals surface area contributed by atoms with Gasteiger partial charge in [0.2, 0.25) is 0 Å². The largest absolute Gasteiger partial charge is 0.330 e. The van der Waals surface area contributed by atoms with Crippen molar-refractivity contribution in [3.63, 3.8) is 0 Å². The molecular weight excluding hydrogens is 194 g/mol. The van der Waals surface area contributed by atoms with Gasteiger partial charge in [-0.15, -0.1) is 0 Å². The molecule has 0 aromatic heterocycles. The molecule has 0 amide bonds. The minimum Gasteiger partial charge on any atom is -0.330 e. The van der Waals surface area contributed by atoms with Crippen LogP contribution in [0.3, 0.4) is 0 Å². The van der Waals surface area contributed by atoms with Crippen LogP contribution in [0.5, 0.6) is 0 Å². The van der Waals surface area contributed by atoms with Crippen molar-refractivity contribution >= 4 is 0 Å². The molecule has 16 heavy (non-hydrogen) atoms. The van der Waals surface area contributed by atoms with Gasteiger partial charge in [0.15, 0.2) is 0 Å². The second kappa shape index (κ2) is 4.95. The maximum Gasteiger partial charge on any atom is -0.00367 e. The van der Waals surface area contributed by atoms with Crippen LogP contribution in [0.25, 0.3) is 11.1 Å². The zero-order valence-corrected chi connectivity index (χ0v) is 9.61. The first-order valence-electron chi connectivity index (χ1n) is 5.66. The molecule has 0 spiro atoms. The van der Waals surface area contributed by atoms with Crippen LogP contribution in [0, 0.1) is 6.92 Å². The molecule has 0 radical (unpaired) electrons. The van der Waals surface area contributed by atoms with Crippen molar-refractivity contribution < 1.29 is 0 Å². The lowest BCUT2D eigenvalue weighted by Gasteiger charge is -2.08. The van der Waals surface area contributed by atoms with Gasteiger partial charge in [0.05, 0.1) is 0 Å². The first kappa shape index (κ1) is 10.9. The molecule has 1 heteroatoms. The smallest absolute Gasteiger partial charge is 0.00367 e. The second-order valence-electron chi connectivity index (χ2n) is 4.05. The third-order valence-electron chi connectivity index (χ3n) is 2.81. The molecule has 2 aromatic rings. The molecule has 0 aliphatic heterocycles. The molecule has 0 unspecified atom stereocenters. The molecule has 0 heterocycles. The van der Waals surface area contributed by atoms with Gasteiger partial charge in [0.25, 0.3) is 0 Å². The van der Waals surface area contributed by atoms with E-state index < -0.39 is 0 Å². The van der Waals surface area contributed by atoms with Crippen LogP contribution in [-0.2, 0) is 6.42 Å². The summed E-state index contributed by atoms with van der Waals surface area (Å²) in [5.74, 6) is 0. The molecule has 0 saturated heterocycles. The molecule has 1 nitrogen and oxygen atoms in total. The molecule has 0 aliphatic carbocycles. The normalized spacial score (nSPS) is 10.4. The standard InChI is InChI=1S/C15H17N/c1-12-11-13(9-10-16)7-8-15(12)14-5-3-2-4-6-14/h2-8,11H,9-10,16H2,1H3. The van der Waals surface area contributed by atoms with Crippen molar-refractivity contribution in [3.8, 4) is 11.1 Å². The van der Waals surface area contributed by atoms with Gasteiger partial charge in [-0.25, -0.2) is 0 Å². The first-order valence-corrected chi connectivity index (χ1v) is 5.66. The summed E-state index contributed by atoms with van der Waals surface area (Å²) in [5, 5.41) is 0. The van der Waals surface area contributed by atoms with Gasteiger partial charge in [-0.3, -0.25) is 0 Å². The molecule has 2 rings (SSSR count). The third-order valence-corrected chi connectivity index (χ3v) is 2.81. The van der Waals surface area contributed by atoms with Crippen molar-refractivity contribution in [1.29, 1.82) is 0 Å². The zero-order valence-electron chi connectivity index (χ0n) is 9.61. The van der Waals surface area contributed by atoms with Gasteiger partial charge in [-0.05, 0) is 42.1 Å². The lowest BCUT2D eigenvalue weighted by Crippen LogP contribution is -2.02. The van der Waals surface area contributed by atoms with E-state index in [1.165, 1.54) is 22.3 Å². The van der Waals surface area contributed by atoms with Crippen molar-refractivity contribution in [2.75, 3.05) is 6.54 Å². The zero-order chi connectivity index (χ0) is 11.4. The van der Waals surface area contributed by atoms with Crippen LogP contribution in [0.15, 0.2) is 48.5 Å². The topological polar surface area (TPSA) is 26.0 Å². The molecular formula is C15H17N. The Balaban J connectivity index is 2.37. The summed E-state index contributed by atoms with van der Waals surface area (Å²) in [7, 11) is 0. The number of rotatable bonds is 3. The van der Waals surface area contributed by atoms with Crippen LogP contribution in [0.2, 0.25) is 0 Å². The first-order chi connectivity index (χ1) is 7.81. The highest BCUT2D eigenvalue weighted by molar-refractivity contribution is 5.67. The minimum absolute atomic E-state index is 0.712. The Bertz CT molecular complexity index is 460. The number of hydrogen-bond donors (Lipinski definition) is 1. The van der Waals surface area contributed by atoms with Crippen molar-refractivity contribution in [1.82, 2.24) is 0 Å². The Labute approximate surface area is 96.9 Å². The van der Waals surface area contributed by atoms with Crippen molar-refractivity contribution in [2.24, 2.45) is 5.73 Å². The molecule has 2 aromatic carbocycles. The Morgan fingerprint density at radius 2 is 1.75 bits per heavy atom. The van der Waals surface area contributed by atoms with Crippen LogP contribution in [0.1, 0.15) is 11.1 Å². The summed E-state index contributed by atoms with van der Waals surface area (Å²) in [5.41, 5.74) is 10.8.